The molecular weight excluding hydrogens is 314 g/mol. The molecule has 0 spiro atoms. The number of thiazole rings is 1. The first-order chi connectivity index (χ1) is 8.56. The standard InChI is InChI=1S/C13H12BrNO2S/c1-8(13(16)17)5-12-15-11(7-18-12)9-3-2-4-10(14)6-9/h2-4,6-8H,5H2,1H3,(H,16,17). The van der Waals surface area contributed by atoms with Gasteiger partial charge in [0, 0.05) is 21.8 Å². The van der Waals surface area contributed by atoms with Gasteiger partial charge in [0.05, 0.1) is 16.6 Å². The molecule has 1 atom stereocenters. The van der Waals surface area contributed by atoms with Crippen molar-refractivity contribution in [1.29, 1.82) is 0 Å². The highest BCUT2D eigenvalue weighted by molar-refractivity contribution is 9.10. The Kier molecular flexibility index (Phi) is 4.14. The largest absolute Gasteiger partial charge is 0.481 e. The van der Waals surface area contributed by atoms with Crippen LogP contribution in [0.25, 0.3) is 11.3 Å². The fourth-order valence-corrected chi connectivity index (χ4v) is 2.87. The van der Waals surface area contributed by atoms with E-state index in [0.29, 0.717) is 6.42 Å². The summed E-state index contributed by atoms with van der Waals surface area (Å²) in [4.78, 5) is 15.3. The quantitative estimate of drug-likeness (QED) is 0.929. The fraction of sp³-hybridized carbons (Fsp3) is 0.231. The minimum Gasteiger partial charge on any atom is -0.481 e. The van der Waals surface area contributed by atoms with Gasteiger partial charge in [-0.2, -0.15) is 0 Å². The van der Waals surface area contributed by atoms with Crippen LogP contribution in [0.1, 0.15) is 11.9 Å². The number of carboxylic acid groups (broad SMARTS) is 1. The van der Waals surface area contributed by atoms with Gasteiger partial charge in [0.25, 0.3) is 0 Å². The number of benzene rings is 1. The molecular formula is C13H12BrNO2S. The number of hydrogen-bond acceptors (Lipinski definition) is 3. The highest BCUT2D eigenvalue weighted by Crippen LogP contribution is 2.25. The number of aromatic nitrogens is 1. The van der Waals surface area contributed by atoms with Crippen LogP contribution in [-0.2, 0) is 11.2 Å². The molecule has 0 bridgehead atoms. The van der Waals surface area contributed by atoms with E-state index >= 15 is 0 Å². The molecule has 0 amide bonds. The third kappa shape index (κ3) is 3.17. The van der Waals surface area contributed by atoms with Crippen molar-refractivity contribution in [3.05, 3.63) is 39.1 Å². The Morgan fingerprint density at radius 2 is 2.33 bits per heavy atom. The average Bonchev–Trinajstić information content (AvgIpc) is 2.77. The topological polar surface area (TPSA) is 50.2 Å². The van der Waals surface area contributed by atoms with Crippen molar-refractivity contribution in [2.75, 3.05) is 0 Å². The monoisotopic (exact) mass is 325 g/mol. The zero-order chi connectivity index (χ0) is 13.1. The van der Waals surface area contributed by atoms with Gasteiger partial charge in [-0.15, -0.1) is 11.3 Å². The molecule has 0 aliphatic carbocycles. The molecule has 1 N–H and O–H groups in total. The van der Waals surface area contributed by atoms with Crippen molar-refractivity contribution < 1.29 is 9.90 Å². The molecule has 1 aromatic carbocycles. The third-order valence-corrected chi connectivity index (χ3v) is 3.94. The Labute approximate surface area is 118 Å². The van der Waals surface area contributed by atoms with Crippen LogP contribution in [0.3, 0.4) is 0 Å². The van der Waals surface area contributed by atoms with E-state index in [0.717, 1.165) is 20.7 Å². The second kappa shape index (κ2) is 5.63. The molecule has 1 heterocycles. The van der Waals surface area contributed by atoms with Gasteiger partial charge in [0.1, 0.15) is 0 Å². The average molecular weight is 326 g/mol. The first-order valence-electron chi connectivity index (χ1n) is 5.49. The van der Waals surface area contributed by atoms with Gasteiger partial charge in [-0.1, -0.05) is 35.0 Å². The second-order valence-corrected chi connectivity index (χ2v) is 5.94. The number of aliphatic carboxylic acids is 1. The summed E-state index contributed by atoms with van der Waals surface area (Å²) in [5.74, 6) is -1.18. The van der Waals surface area contributed by atoms with Gasteiger partial charge < -0.3 is 5.11 Å². The fourth-order valence-electron chi connectivity index (χ4n) is 1.53. The lowest BCUT2D eigenvalue weighted by molar-refractivity contribution is -0.141. The van der Waals surface area contributed by atoms with Crippen molar-refractivity contribution in [2.45, 2.75) is 13.3 Å². The Hall–Kier alpha value is -1.20. The maximum Gasteiger partial charge on any atom is 0.306 e. The van der Waals surface area contributed by atoms with E-state index in [4.69, 9.17) is 5.11 Å². The molecule has 0 aliphatic rings. The highest BCUT2D eigenvalue weighted by atomic mass is 79.9. The van der Waals surface area contributed by atoms with Crippen LogP contribution in [0.2, 0.25) is 0 Å². The molecule has 0 radical (unpaired) electrons. The van der Waals surface area contributed by atoms with Crippen LogP contribution in [0.5, 0.6) is 0 Å². The van der Waals surface area contributed by atoms with E-state index in [-0.39, 0.29) is 0 Å². The highest BCUT2D eigenvalue weighted by Gasteiger charge is 2.14. The maximum absolute atomic E-state index is 10.8. The lowest BCUT2D eigenvalue weighted by Gasteiger charge is -2.01. The molecule has 1 aromatic heterocycles. The first-order valence-corrected chi connectivity index (χ1v) is 7.16. The van der Waals surface area contributed by atoms with Crippen molar-refractivity contribution in [3.63, 3.8) is 0 Å². The summed E-state index contributed by atoms with van der Waals surface area (Å²) in [6, 6.07) is 7.91. The number of nitrogens with zero attached hydrogens (tertiary/aromatic N) is 1. The molecule has 2 aromatic rings. The summed E-state index contributed by atoms with van der Waals surface area (Å²) in [5, 5.41) is 11.7. The van der Waals surface area contributed by atoms with Crippen molar-refractivity contribution in [3.8, 4) is 11.3 Å². The molecule has 5 heteroatoms. The van der Waals surface area contributed by atoms with Crippen LogP contribution in [0.4, 0.5) is 0 Å². The Bertz CT molecular complexity index is 568. The zero-order valence-corrected chi connectivity index (χ0v) is 12.2. The number of carbonyl (C=O) groups is 1. The second-order valence-electron chi connectivity index (χ2n) is 4.08. The van der Waals surface area contributed by atoms with E-state index in [9.17, 15) is 4.79 Å². The predicted octanol–water partition coefficient (Wildman–Crippen LogP) is 3.84. The Morgan fingerprint density at radius 1 is 1.56 bits per heavy atom. The smallest absolute Gasteiger partial charge is 0.306 e. The van der Waals surface area contributed by atoms with Crippen molar-refractivity contribution in [1.82, 2.24) is 4.98 Å². The normalized spacial score (nSPS) is 12.3. The van der Waals surface area contributed by atoms with E-state index in [1.165, 1.54) is 11.3 Å². The van der Waals surface area contributed by atoms with Crippen LogP contribution < -0.4 is 0 Å². The van der Waals surface area contributed by atoms with E-state index in [1.54, 1.807) is 6.92 Å². The summed E-state index contributed by atoms with van der Waals surface area (Å²) in [7, 11) is 0. The summed E-state index contributed by atoms with van der Waals surface area (Å²) in [6.45, 7) is 1.70. The number of carboxylic acids is 1. The lowest BCUT2D eigenvalue weighted by Crippen LogP contribution is -2.11. The van der Waals surface area contributed by atoms with E-state index in [2.05, 4.69) is 20.9 Å². The summed E-state index contributed by atoms with van der Waals surface area (Å²) >= 11 is 4.93. The first kappa shape index (κ1) is 13.2. The van der Waals surface area contributed by atoms with Crippen LogP contribution in [-0.4, -0.2) is 16.1 Å². The predicted molar refractivity (Wildman–Crippen MR) is 75.8 cm³/mol. The minimum atomic E-state index is -0.783. The van der Waals surface area contributed by atoms with E-state index in [1.807, 2.05) is 29.6 Å². The summed E-state index contributed by atoms with van der Waals surface area (Å²) < 4.78 is 1.01. The summed E-state index contributed by atoms with van der Waals surface area (Å²) in [5.41, 5.74) is 1.93. The molecule has 0 aliphatic heterocycles. The Morgan fingerprint density at radius 3 is 3.00 bits per heavy atom. The molecule has 3 nitrogen and oxygen atoms in total. The van der Waals surface area contributed by atoms with Crippen LogP contribution in [0, 0.1) is 5.92 Å². The van der Waals surface area contributed by atoms with Gasteiger partial charge in [-0.3, -0.25) is 4.79 Å². The molecule has 0 saturated heterocycles. The zero-order valence-electron chi connectivity index (χ0n) is 9.76. The van der Waals surface area contributed by atoms with Gasteiger partial charge in [-0.05, 0) is 12.1 Å². The van der Waals surface area contributed by atoms with Crippen LogP contribution >= 0.6 is 27.3 Å². The molecule has 18 heavy (non-hydrogen) atoms. The molecule has 94 valence electrons. The summed E-state index contributed by atoms with van der Waals surface area (Å²) in [6.07, 6.45) is 0.480. The Balaban J connectivity index is 2.18. The number of rotatable bonds is 4. The van der Waals surface area contributed by atoms with Gasteiger partial charge >= 0.3 is 5.97 Å². The van der Waals surface area contributed by atoms with Crippen molar-refractivity contribution in [2.24, 2.45) is 5.92 Å². The molecule has 0 fully saturated rings. The maximum atomic E-state index is 10.8. The number of hydrogen-bond donors (Lipinski definition) is 1. The van der Waals surface area contributed by atoms with Gasteiger partial charge in [0.15, 0.2) is 0 Å². The van der Waals surface area contributed by atoms with Gasteiger partial charge in [0.2, 0.25) is 0 Å². The van der Waals surface area contributed by atoms with E-state index < -0.39 is 11.9 Å². The van der Waals surface area contributed by atoms with Crippen molar-refractivity contribution >= 4 is 33.2 Å². The molecule has 0 saturated carbocycles. The third-order valence-electron chi connectivity index (χ3n) is 2.57. The van der Waals surface area contributed by atoms with Crippen LogP contribution in [0.15, 0.2) is 34.1 Å². The molecule has 2 rings (SSSR count). The minimum absolute atomic E-state index is 0.397. The number of halogens is 1. The SMILES string of the molecule is CC(Cc1nc(-c2cccc(Br)c2)cs1)C(=O)O. The van der Waals surface area contributed by atoms with Gasteiger partial charge in [-0.25, -0.2) is 4.98 Å². The molecule has 1 unspecified atom stereocenters. The lowest BCUT2D eigenvalue weighted by atomic mass is 10.1.